The smallest absolute Gasteiger partial charge is 0.219 e. The fourth-order valence-electron chi connectivity index (χ4n) is 2.11. The first kappa shape index (κ1) is 10.5. The number of rotatable bonds is 4. The molecule has 0 spiro atoms. The maximum absolute atomic E-state index is 10.8. The molecular weight excluding hydrogens is 164 g/mol. The van der Waals surface area contributed by atoms with Crippen LogP contribution in [0.5, 0.6) is 0 Å². The van der Waals surface area contributed by atoms with Crippen LogP contribution in [-0.4, -0.2) is 17.5 Å². The van der Waals surface area contributed by atoms with Crippen LogP contribution >= 0.6 is 0 Å². The van der Waals surface area contributed by atoms with E-state index in [1.54, 1.807) is 0 Å². The highest BCUT2D eigenvalue weighted by Gasteiger charge is 2.25. The van der Waals surface area contributed by atoms with Gasteiger partial charge >= 0.3 is 0 Å². The van der Waals surface area contributed by atoms with E-state index in [4.69, 9.17) is 5.73 Å². The molecule has 0 unspecified atom stereocenters. The number of carbonyl (C=O) groups excluding carboxylic acids is 1. The molecule has 1 saturated carbocycles. The molecule has 1 fully saturated rings. The lowest BCUT2D eigenvalue weighted by Gasteiger charge is -2.28. The Labute approximate surface area is 80.1 Å². The van der Waals surface area contributed by atoms with Gasteiger partial charge in [0.15, 0.2) is 0 Å². The van der Waals surface area contributed by atoms with Crippen molar-refractivity contribution in [2.24, 2.45) is 5.73 Å². The Bertz CT molecular complexity index is 183. The summed E-state index contributed by atoms with van der Waals surface area (Å²) in [7, 11) is 0. The van der Waals surface area contributed by atoms with Crippen molar-refractivity contribution < 1.29 is 4.79 Å². The second-order valence-electron chi connectivity index (χ2n) is 4.65. The van der Waals surface area contributed by atoms with Crippen LogP contribution in [0.4, 0.5) is 0 Å². The highest BCUT2D eigenvalue weighted by molar-refractivity contribution is 5.75. The molecule has 3 heteroatoms. The number of nitrogens with one attached hydrogen (secondary N) is 1. The number of carbonyl (C=O) groups is 1. The van der Waals surface area contributed by atoms with Gasteiger partial charge in [-0.2, -0.15) is 0 Å². The van der Waals surface area contributed by atoms with Crippen LogP contribution in [0, 0.1) is 0 Å². The number of amides is 1. The van der Waals surface area contributed by atoms with Gasteiger partial charge in [-0.15, -0.1) is 0 Å². The molecule has 76 valence electrons. The highest BCUT2D eigenvalue weighted by atomic mass is 16.1. The minimum absolute atomic E-state index is 0.138. The summed E-state index contributed by atoms with van der Waals surface area (Å²) in [5.74, 6) is -0.226. The van der Waals surface area contributed by atoms with Gasteiger partial charge in [-0.25, -0.2) is 0 Å². The molecule has 1 aliphatic rings. The van der Waals surface area contributed by atoms with Gasteiger partial charge in [0.1, 0.15) is 0 Å². The first-order chi connectivity index (χ1) is 5.99. The SMILES string of the molecule is CC(C)(CC(N)=O)NC1CCCC1. The molecule has 0 saturated heterocycles. The molecule has 0 radical (unpaired) electrons. The quantitative estimate of drug-likeness (QED) is 0.689. The molecule has 0 aromatic rings. The first-order valence-corrected chi connectivity index (χ1v) is 5.06. The lowest BCUT2D eigenvalue weighted by molar-refractivity contribution is -0.119. The minimum atomic E-state index is -0.226. The van der Waals surface area contributed by atoms with E-state index in [0.29, 0.717) is 12.5 Å². The van der Waals surface area contributed by atoms with Gasteiger partial charge in [-0.05, 0) is 26.7 Å². The maximum atomic E-state index is 10.8. The molecule has 3 nitrogen and oxygen atoms in total. The fraction of sp³-hybridized carbons (Fsp3) is 0.900. The topological polar surface area (TPSA) is 55.1 Å². The second kappa shape index (κ2) is 4.09. The van der Waals surface area contributed by atoms with Gasteiger partial charge in [0.2, 0.25) is 5.91 Å². The highest BCUT2D eigenvalue weighted by Crippen LogP contribution is 2.21. The maximum Gasteiger partial charge on any atom is 0.219 e. The molecule has 13 heavy (non-hydrogen) atoms. The zero-order valence-electron chi connectivity index (χ0n) is 8.60. The average molecular weight is 184 g/mol. The van der Waals surface area contributed by atoms with Crippen LogP contribution in [0.25, 0.3) is 0 Å². The Morgan fingerprint density at radius 1 is 1.46 bits per heavy atom. The Morgan fingerprint density at radius 2 is 2.00 bits per heavy atom. The standard InChI is InChI=1S/C10H20N2O/c1-10(2,7-9(11)13)12-8-5-3-4-6-8/h8,12H,3-7H2,1-2H3,(H2,11,13). The van der Waals surface area contributed by atoms with E-state index in [9.17, 15) is 4.79 Å². The third kappa shape index (κ3) is 3.77. The van der Waals surface area contributed by atoms with E-state index in [2.05, 4.69) is 5.32 Å². The predicted molar refractivity (Wildman–Crippen MR) is 53.3 cm³/mol. The Kier molecular flexibility index (Phi) is 3.31. The molecule has 0 atom stereocenters. The van der Waals surface area contributed by atoms with Crippen LogP contribution in [-0.2, 0) is 4.79 Å². The van der Waals surface area contributed by atoms with Crippen molar-refractivity contribution in [3.8, 4) is 0 Å². The van der Waals surface area contributed by atoms with Gasteiger partial charge in [0.25, 0.3) is 0 Å². The van der Waals surface area contributed by atoms with Crippen molar-refractivity contribution in [3.63, 3.8) is 0 Å². The number of nitrogens with two attached hydrogens (primary N) is 1. The Morgan fingerprint density at radius 3 is 2.46 bits per heavy atom. The van der Waals surface area contributed by atoms with Crippen LogP contribution in [0.15, 0.2) is 0 Å². The molecule has 0 aromatic carbocycles. The predicted octanol–water partition coefficient (Wildman–Crippen LogP) is 1.17. The molecule has 0 aliphatic heterocycles. The summed E-state index contributed by atoms with van der Waals surface area (Å²) in [6, 6.07) is 0.592. The van der Waals surface area contributed by atoms with Gasteiger partial charge in [0, 0.05) is 18.0 Å². The summed E-state index contributed by atoms with van der Waals surface area (Å²) in [6.45, 7) is 4.08. The van der Waals surface area contributed by atoms with E-state index in [1.165, 1.54) is 25.7 Å². The number of hydrogen-bond acceptors (Lipinski definition) is 2. The third-order valence-electron chi connectivity index (χ3n) is 2.57. The van der Waals surface area contributed by atoms with Crippen molar-refractivity contribution >= 4 is 5.91 Å². The zero-order valence-corrected chi connectivity index (χ0v) is 8.60. The van der Waals surface area contributed by atoms with E-state index in [-0.39, 0.29) is 11.4 Å². The second-order valence-corrected chi connectivity index (χ2v) is 4.65. The van der Waals surface area contributed by atoms with Gasteiger partial charge in [-0.1, -0.05) is 12.8 Å². The largest absolute Gasteiger partial charge is 0.370 e. The first-order valence-electron chi connectivity index (χ1n) is 5.06. The Balaban J connectivity index is 2.35. The summed E-state index contributed by atoms with van der Waals surface area (Å²) in [6.07, 6.45) is 5.52. The third-order valence-corrected chi connectivity index (χ3v) is 2.57. The van der Waals surface area contributed by atoms with Crippen LogP contribution in [0.1, 0.15) is 46.0 Å². The summed E-state index contributed by atoms with van der Waals surface area (Å²) in [5, 5.41) is 3.49. The van der Waals surface area contributed by atoms with Crippen molar-refractivity contribution in [1.29, 1.82) is 0 Å². The fourth-order valence-corrected chi connectivity index (χ4v) is 2.11. The normalized spacial score (nSPS) is 19.2. The summed E-state index contributed by atoms with van der Waals surface area (Å²) in [4.78, 5) is 10.8. The van der Waals surface area contributed by atoms with E-state index in [0.717, 1.165) is 0 Å². The summed E-state index contributed by atoms with van der Waals surface area (Å²) in [5.41, 5.74) is 5.04. The van der Waals surface area contributed by atoms with E-state index >= 15 is 0 Å². The molecule has 0 bridgehead atoms. The van der Waals surface area contributed by atoms with Crippen molar-refractivity contribution in [1.82, 2.24) is 5.32 Å². The number of hydrogen-bond donors (Lipinski definition) is 2. The number of primary amides is 1. The van der Waals surface area contributed by atoms with Gasteiger partial charge < -0.3 is 11.1 Å². The van der Waals surface area contributed by atoms with Gasteiger partial charge in [-0.3, -0.25) is 4.79 Å². The molecule has 0 aromatic heterocycles. The molecule has 1 rings (SSSR count). The van der Waals surface area contributed by atoms with Crippen LogP contribution in [0.2, 0.25) is 0 Å². The van der Waals surface area contributed by atoms with Crippen molar-refractivity contribution in [3.05, 3.63) is 0 Å². The van der Waals surface area contributed by atoms with Crippen LogP contribution < -0.4 is 11.1 Å². The van der Waals surface area contributed by atoms with Crippen molar-refractivity contribution in [2.45, 2.75) is 57.5 Å². The zero-order chi connectivity index (χ0) is 9.90. The molecule has 0 heterocycles. The molecule has 1 aliphatic carbocycles. The minimum Gasteiger partial charge on any atom is -0.370 e. The Hall–Kier alpha value is -0.570. The van der Waals surface area contributed by atoms with Crippen molar-refractivity contribution in [2.75, 3.05) is 0 Å². The lowest BCUT2D eigenvalue weighted by atomic mass is 9.98. The van der Waals surface area contributed by atoms with E-state index < -0.39 is 0 Å². The monoisotopic (exact) mass is 184 g/mol. The molecule has 3 N–H and O–H groups in total. The summed E-state index contributed by atoms with van der Waals surface area (Å²) < 4.78 is 0. The summed E-state index contributed by atoms with van der Waals surface area (Å²) >= 11 is 0. The van der Waals surface area contributed by atoms with E-state index in [1.807, 2.05) is 13.8 Å². The van der Waals surface area contributed by atoms with Crippen LogP contribution in [0.3, 0.4) is 0 Å². The molecule has 1 amide bonds. The molecular formula is C10H20N2O. The lowest BCUT2D eigenvalue weighted by Crippen LogP contribution is -2.47. The average Bonchev–Trinajstić information content (AvgIpc) is 2.34. The van der Waals surface area contributed by atoms with Gasteiger partial charge in [0.05, 0.1) is 0 Å².